The van der Waals surface area contributed by atoms with Crippen LogP contribution in [0.2, 0.25) is 0 Å². The Balaban J connectivity index is 1.56. The van der Waals surface area contributed by atoms with Gasteiger partial charge in [0.05, 0.1) is 10.9 Å². The van der Waals surface area contributed by atoms with Gasteiger partial charge in [-0.2, -0.15) is 4.31 Å². The molecule has 2 aromatic carbocycles. The lowest BCUT2D eigenvalue weighted by atomic mass is 10.1. The second-order valence-corrected chi connectivity index (χ2v) is 8.79. The van der Waals surface area contributed by atoms with Gasteiger partial charge in [0, 0.05) is 19.6 Å². The van der Waals surface area contributed by atoms with E-state index in [4.69, 9.17) is 0 Å². The van der Waals surface area contributed by atoms with Gasteiger partial charge in [0.1, 0.15) is 0 Å². The van der Waals surface area contributed by atoms with E-state index in [2.05, 4.69) is 22.8 Å². The first-order chi connectivity index (χ1) is 13.5. The van der Waals surface area contributed by atoms with E-state index in [1.807, 2.05) is 26.0 Å². The number of aryl methyl sites for hydroxylation is 1. The lowest BCUT2D eigenvalue weighted by Crippen LogP contribution is -2.36. The van der Waals surface area contributed by atoms with Gasteiger partial charge in [-0.25, -0.2) is 13.2 Å². The monoisotopic (exact) mass is 401 g/mol. The Morgan fingerprint density at radius 3 is 2.43 bits per heavy atom. The third kappa shape index (κ3) is 4.36. The van der Waals surface area contributed by atoms with Crippen LogP contribution in [0.3, 0.4) is 0 Å². The number of rotatable bonds is 7. The maximum atomic E-state index is 12.5. The van der Waals surface area contributed by atoms with E-state index in [0.717, 1.165) is 18.4 Å². The maximum absolute atomic E-state index is 12.5. The summed E-state index contributed by atoms with van der Waals surface area (Å²) in [6.07, 6.45) is 1.88. The standard InChI is InChI=1S/C21H27N3O3S/c1-3-24(4-2)28(26,27)18-12-9-16(10-13-18)15-22-21(25)23-20-14-11-17-7-5-6-8-19(17)20/h5-10,12-13,20H,3-4,11,14-15H2,1-2H3,(H2,22,23,25). The summed E-state index contributed by atoms with van der Waals surface area (Å²) in [7, 11) is -3.46. The van der Waals surface area contributed by atoms with Crippen LogP contribution < -0.4 is 10.6 Å². The molecule has 1 aliphatic rings. The number of urea groups is 1. The largest absolute Gasteiger partial charge is 0.334 e. The van der Waals surface area contributed by atoms with Crippen molar-refractivity contribution in [1.29, 1.82) is 0 Å². The number of amides is 2. The minimum atomic E-state index is -3.46. The van der Waals surface area contributed by atoms with E-state index in [1.165, 1.54) is 15.4 Å². The van der Waals surface area contributed by atoms with Crippen molar-refractivity contribution in [3.63, 3.8) is 0 Å². The molecule has 2 aromatic rings. The van der Waals surface area contributed by atoms with Crippen molar-refractivity contribution in [3.05, 3.63) is 65.2 Å². The van der Waals surface area contributed by atoms with Crippen molar-refractivity contribution in [3.8, 4) is 0 Å². The average molecular weight is 402 g/mol. The van der Waals surface area contributed by atoms with Crippen LogP contribution in [0, 0.1) is 0 Å². The molecule has 0 aromatic heterocycles. The topological polar surface area (TPSA) is 78.5 Å². The summed E-state index contributed by atoms with van der Waals surface area (Å²) in [6.45, 7) is 4.85. The summed E-state index contributed by atoms with van der Waals surface area (Å²) >= 11 is 0. The lowest BCUT2D eigenvalue weighted by Gasteiger charge is -2.18. The summed E-state index contributed by atoms with van der Waals surface area (Å²) < 4.78 is 26.4. The Bertz CT molecular complexity index is 922. The molecule has 0 heterocycles. The van der Waals surface area contributed by atoms with Crippen molar-refractivity contribution in [2.24, 2.45) is 0 Å². The van der Waals surface area contributed by atoms with E-state index in [9.17, 15) is 13.2 Å². The molecule has 1 unspecified atom stereocenters. The van der Waals surface area contributed by atoms with E-state index in [-0.39, 0.29) is 17.0 Å². The van der Waals surface area contributed by atoms with Crippen molar-refractivity contribution in [2.45, 2.75) is 44.2 Å². The quantitative estimate of drug-likeness (QED) is 0.748. The van der Waals surface area contributed by atoms with Crippen LogP contribution in [0.15, 0.2) is 53.4 Å². The van der Waals surface area contributed by atoms with Crippen LogP contribution in [0.25, 0.3) is 0 Å². The van der Waals surface area contributed by atoms with E-state index in [1.54, 1.807) is 24.3 Å². The van der Waals surface area contributed by atoms with Gasteiger partial charge in [0.2, 0.25) is 10.0 Å². The van der Waals surface area contributed by atoms with Crippen molar-refractivity contribution >= 4 is 16.1 Å². The predicted octanol–water partition coefficient (Wildman–Crippen LogP) is 3.20. The smallest absolute Gasteiger partial charge is 0.315 e. The molecule has 0 saturated heterocycles. The Morgan fingerprint density at radius 1 is 1.07 bits per heavy atom. The highest BCUT2D eigenvalue weighted by molar-refractivity contribution is 7.89. The first-order valence-electron chi connectivity index (χ1n) is 9.67. The maximum Gasteiger partial charge on any atom is 0.315 e. The van der Waals surface area contributed by atoms with Crippen molar-refractivity contribution < 1.29 is 13.2 Å². The molecule has 0 fully saturated rings. The predicted molar refractivity (Wildman–Crippen MR) is 109 cm³/mol. The van der Waals surface area contributed by atoms with Gasteiger partial charge in [-0.3, -0.25) is 0 Å². The SMILES string of the molecule is CCN(CC)S(=O)(=O)c1ccc(CNC(=O)NC2CCc3ccccc32)cc1. The van der Waals surface area contributed by atoms with E-state index < -0.39 is 10.0 Å². The van der Waals surface area contributed by atoms with Crippen LogP contribution in [-0.2, 0) is 23.0 Å². The molecule has 28 heavy (non-hydrogen) atoms. The molecular formula is C21H27N3O3S. The molecule has 0 spiro atoms. The molecule has 1 atom stereocenters. The normalized spacial score (nSPS) is 16.0. The average Bonchev–Trinajstić information content (AvgIpc) is 3.10. The summed E-state index contributed by atoms with van der Waals surface area (Å²) in [5.41, 5.74) is 3.32. The molecule has 2 N–H and O–H groups in total. The highest BCUT2D eigenvalue weighted by atomic mass is 32.2. The molecule has 0 aliphatic heterocycles. The van der Waals surface area contributed by atoms with Crippen LogP contribution >= 0.6 is 0 Å². The molecule has 150 valence electrons. The molecule has 3 rings (SSSR count). The number of nitrogens with one attached hydrogen (secondary N) is 2. The number of fused-ring (bicyclic) bond motifs is 1. The number of benzene rings is 2. The van der Waals surface area contributed by atoms with Crippen LogP contribution in [0.1, 0.15) is 43.0 Å². The molecule has 7 heteroatoms. The number of hydrogen-bond acceptors (Lipinski definition) is 3. The molecule has 6 nitrogen and oxygen atoms in total. The number of nitrogens with zero attached hydrogens (tertiary/aromatic N) is 1. The zero-order chi connectivity index (χ0) is 20.1. The third-order valence-electron chi connectivity index (χ3n) is 5.16. The molecule has 0 radical (unpaired) electrons. The minimum absolute atomic E-state index is 0.0396. The number of sulfonamides is 1. The van der Waals surface area contributed by atoms with Crippen molar-refractivity contribution in [1.82, 2.24) is 14.9 Å². The van der Waals surface area contributed by atoms with Gasteiger partial charge in [-0.15, -0.1) is 0 Å². The third-order valence-corrected chi connectivity index (χ3v) is 7.22. The Labute approximate surface area is 167 Å². The van der Waals surface area contributed by atoms with Crippen molar-refractivity contribution in [2.75, 3.05) is 13.1 Å². The van der Waals surface area contributed by atoms with Gasteiger partial charge >= 0.3 is 6.03 Å². The highest BCUT2D eigenvalue weighted by Gasteiger charge is 2.23. The van der Waals surface area contributed by atoms with Gasteiger partial charge in [0.15, 0.2) is 0 Å². The fraction of sp³-hybridized carbons (Fsp3) is 0.381. The fourth-order valence-electron chi connectivity index (χ4n) is 3.59. The number of hydrogen-bond donors (Lipinski definition) is 2. The van der Waals surface area contributed by atoms with E-state index >= 15 is 0 Å². The summed E-state index contributed by atoms with van der Waals surface area (Å²) in [5, 5.41) is 5.87. The number of carbonyl (C=O) groups is 1. The van der Waals surface area contributed by atoms with Gasteiger partial charge in [-0.05, 0) is 41.7 Å². The van der Waals surface area contributed by atoms with Crippen LogP contribution in [0.4, 0.5) is 4.79 Å². The van der Waals surface area contributed by atoms with Crippen LogP contribution in [-0.4, -0.2) is 31.8 Å². The Morgan fingerprint density at radius 2 is 1.75 bits per heavy atom. The zero-order valence-corrected chi connectivity index (χ0v) is 17.1. The summed E-state index contributed by atoms with van der Waals surface area (Å²) in [6, 6.07) is 14.6. The molecule has 0 saturated carbocycles. The van der Waals surface area contributed by atoms with Crippen LogP contribution in [0.5, 0.6) is 0 Å². The minimum Gasteiger partial charge on any atom is -0.334 e. The van der Waals surface area contributed by atoms with Gasteiger partial charge in [-0.1, -0.05) is 50.2 Å². The molecule has 1 aliphatic carbocycles. The van der Waals surface area contributed by atoms with Gasteiger partial charge < -0.3 is 10.6 Å². The second kappa shape index (κ2) is 8.75. The summed E-state index contributed by atoms with van der Waals surface area (Å²) in [5.74, 6) is 0. The van der Waals surface area contributed by atoms with E-state index in [0.29, 0.717) is 19.6 Å². The number of carbonyl (C=O) groups excluding carboxylic acids is 1. The molecule has 0 bridgehead atoms. The lowest BCUT2D eigenvalue weighted by molar-refractivity contribution is 0.236. The first kappa shape index (κ1) is 20.4. The van der Waals surface area contributed by atoms with Gasteiger partial charge in [0.25, 0.3) is 0 Å². The first-order valence-corrected chi connectivity index (χ1v) is 11.1. The molecule has 2 amide bonds. The molecular weight excluding hydrogens is 374 g/mol. The Kier molecular flexibility index (Phi) is 6.36. The Hall–Kier alpha value is -2.38. The highest BCUT2D eigenvalue weighted by Crippen LogP contribution is 2.30. The zero-order valence-electron chi connectivity index (χ0n) is 16.3. The summed E-state index contributed by atoms with van der Waals surface area (Å²) in [4.78, 5) is 12.5. The second-order valence-electron chi connectivity index (χ2n) is 6.85. The fourth-order valence-corrected chi connectivity index (χ4v) is 5.05.